The quantitative estimate of drug-likeness (QED) is 0.753. The van der Waals surface area contributed by atoms with Crippen LogP contribution in [-0.2, 0) is 4.79 Å². The second-order valence-electron chi connectivity index (χ2n) is 5.76. The molecule has 0 radical (unpaired) electrons. The number of nitrogens with zero attached hydrogens (tertiary/aromatic N) is 1. The van der Waals surface area contributed by atoms with Gasteiger partial charge in [0.2, 0.25) is 5.91 Å². The van der Waals surface area contributed by atoms with Crippen molar-refractivity contribution in [1.29, 1.82) is 0 Å². The Hall–Kier alpha value is -2.08. The Morgan fingerprint density at radius 1 is 1.26 bits per heavy atom. The molecule has 1 aromatic carbocycles. The monoisotopic (exact) mass is 321 g/mol. The minimum atomic E-state index is -0.575. The van der Waals surface area contributed by atoms with Crippen molar-refractivity contribution in [1.82, 2.24) is 15.5 Å². The lowest BCUT2D eigenvalue weighted by atomic mass is 10.0. The molecular weight excluding hydrogens is 294 g/mol. The molecule has 2 amide bonds. The predicted molar refractivity (Wildman–Crippen MR) is 90.6 cm³/mol. The van der Waals surface area contributed by atoms with Gasteiger partial charge >= 0.3 is 0 Å². The predicted octanol–water partition coefficient (Wildman–Crippen LogP) is 1.13. The van der Waals surface area contributed by atoms with E-state index in [-0.39, 0.29) is 17.7 Å². The van der Waals surface area contributed by atoms with E-state index < -0.39 is 6.04 Å². The first-order chi connectivity index (χ1) is 10.9. The third-order valence-corrected chi connectivity index (χ3v) is 3.64. The molecule has 0 aromatic heterocycles. The average molecular weight is 321 g/mol. The first-order valence-electron chi connectivity index (χ1n) is 7.75. The molecule has 0 heterocycles. The number of methoxy groups -OCH3 is 1. The van der Waals surface area contributed by atoms with E-state index in [2.05, 4.69) is 10.6 Å². The highest BCUT2D eigenvalue weighted by atomic mass is 16.5. The van der Waals surface area contributed by atoms with E-state index in [9.17, 15) is 9.59 Å². The van der Waals surface area contributed by atoms with Gasteiger partial charge in [-0.3, -0.25) is 9.59 Å². The number of amides is 2. The average Bonchev–Trinajstić information content (AvgIpc) is 2.56. The summed E-state index contributed by atoms with van der Waals surface area (Å²) in [5.41, 5.74) is 0.423. The zero-order valence-electron chi connectivity index (χ0n) is 14.6. The summed E-state index contributed by atoms with van der Waals surface area (Å²) in [5, 5.41) is 5.84. The van der Waals surface area contributed by atoms with Crippen molar-refractivity contribution in [2.45, 2.75) is 19.9 Å². The topological polar surface area (TPSA) is 70.7 Å². The summed E-state index contributed by atoms with van der Waals surface area (Å²) in [5.74, 6) is 0.0664. The van der Waals surface area contributed by atoms with Crippen molar-refractivity contribution in [2.75, 3.05) is 34.3 Å². The number of ether oxygens (including phenoxy) is 1. The summed E-state index contributed by atoms with van der Waals surface area (Å²) in [4.78, 5) is 26.7. The summed E-state index contributed by atoms with van der Waals surface area (Å²) in [6, 6.07) is 6.39. The van der Waals surface area contributed by atoms with Crippen LogP contribution < -0.4 is 15.4 Å². The maximum atomic E-state index is 12.6. The van der Waals surface area contributed by atoms with Crippen LogP contribution in [0.5, 0.6) is 5.75 Å². The Balaban J connectivity index is 2.87. The second-order valence-corrected chi connectivity index (χ2v) is 5.76. The van der Waals surface area contributed by atoms with Gasteiger partial charge in [0, 0.05) is 20.1 Å². The van der Waals surface area contributed by atoms with Crippen LogP contribution in [0.4, 0.5) is 0 Å². The van der Waals surface area contributed by atoms with Crippen molar-refractivity contribution < 1.29 is 14.3 Å². The molecule has 0 fully saturated rings. The fourth-order valence-corrected chi connectivity index (χ4v) is 2.19. The molecule has 0 aliphatic heterocycles. The van der Waals surface area contributed by atoms with E-state index in [0.29, 0.717) is 24.4 Å². The highest BCUT2D eigenvalue weighted by molar-refractivity contribution is 5.99. The zero-order chi connectivity index (χ0) is 17.4. The highest BCUT2D eigenvalue weighted by Gasteiger charge is 2.27. The fraction of sp³-hybridized carbons (Fsp3) is 0.529. The summed E-state index contributed by atoms with van der Waals surface area (Å²) >= 11 is 0. The summed E-state index contributed by atoms with van der Waals surface area (Å²) in [6.07, 6.45) is 0. The van der Waals surface area contributed by atoms with Crippen LogP contribution in [-0.4, -0.2) is 57.1 Å². The van der Waals surface area contributed by atoms with Gasteiger partial charge in [0.25, 0.3) is 5.91 Å². The van der Waals surface area contributed by atoms with Gasteiger partial charge in [0.05, 0.1) is 12.7 Å². The Morgan fingerprint density at radius 3 is 2.48 bits per heavy atom. The lowest BCUT2D eigenvalue weighted by Gasteiger charge is -2.27. The number of rotatable bonds is 8. The molecule has 2 N–H and O–H groups in total. The maximum absolute atomic E-state index is 12.6. The lowest BCUT2D eigenvalue weighted by molar-refractivity contribution is -0.132. The standard InChI is InChI=1S/C17H27N3O3/c1-12(2)15(17(22)20(4)11-10-18-3)19-16(21)13-8-6-7-9-14(13)23-5/h6-9,12,15,18H,10-11H2,1-5H3,(H,19,21). The smallest absolute Gasteiger partial charge is 0.255 e. The molecule has 1 unspecified atom stereocenters. The molecule has 128 valence electrons. The van der Waals surface area contributed by atoms with Crippen LogP contribution in [0.15, 0.2) is 24.3 Å². The number of carbonyl (C=O) groups excluding carboxylic acids is 2. The number of hydrogen-bond acceptors (Lipinski definition) is 4. The molecule has 1 rings (SSSR count). The molecule has 23 heavy (non-hydrogen) atoms. The molecule has 1 atom stereocenters. The largest absolute Gasteiger partial charge is 0.496 e. The van der Waals surface area contributed by atoms with E-state index in [1.54, 1.807) is 36.2 Å². The van der Waals surface area contributed by atoms with Crippen molar-refractivity contribution in [2.24, 2.45) is 5.92 Å². The van der Waals surface area contributed by atoms with Crippen molar-refractivity contribution in [3.05, 3.63) is 29.8 Å². The number of likely N-dealkylation sites (N-methyl/N-ethyl adjacent to an activating group) is 2. The van der Waals surface area contributed by atoms with Crippen LogP contribution in [0.2, 0.25) is 0 Å². The van der Waals surface area contributed by atoms with Crippen molar-refractivity contribution in [3.8, 4) is 5.75 Å². The summed E-state index contributed by atoms with van der Waals surface area (Å²) in [6.45, 7) is 5.12. The normalized spacial score (nSPS) is 11.9. The molecule has 0 aliphatic carbocycles. The van der Waals surface area contributed by atoms with Crippen LogP contribution in [0.3, 0.4) is 0 Å². The zero-order valence-corrected chi connectivity index (χ0v) is 14.6. The Kier molecular flexibility index (Phi) is 7.54. The number of nitrogens with one attached hydrogen (secondary N) is 2. The van der Waals surface area contributed by atoms with Crippen LogP contribution in [0, 0.1) is 5.92 Å². The van der Waals surface area contributed by atoms with E-state index in [4.69, 9.17) is 4.74 Å². The van der Waals surface area contributed by atoms with Gasteiger partial charge in [-0.2, -0.15) is 0 Å². The van der Waals surface area contributed by atoms with Gasteiger partial charge in [-0.15, -0.1) is 0 Å². The molecule has 0 saturated carbocycles. The van der Waals surface area contributed by atoms with Crippen LogP contribution in [0.25, 0.3) is 0 Å². The first kappa shape index (κ1) is 19.0. The number of para-hydroxylation sites is 1. The van der Waals surface area contributed by atoms with E-state index in [0.717, 1.165) is 0 Å². The molecule has 0 bridgehead atoms. The molecular formula is C17H27N3O3. The molecule has 1 aromatic rings. The third-order valence-electron chi connectivity index (χ3n) is 3.64. The highest BCUT2D eigenvalue weighted by Crippen LogP contribution is 2.18. The molecule has 0 aliphatic rings. The van der Waals surface area contributed by atoms with E-state index >= 15 is 0 Å². The van der Waals surface area contributed by atoms with Gasteiger partial charge in [-0.1, -0.05) is 26.0 Å². The molecule has 6 nitrogen and oxygen atoms in total. The maximum Gasteiger partial charge on any atom is 0.255 e. The Labute approximate surface area is 138 Å². The van der Waals surface area contributed by atoms with E-state index in [1.807, 2.05) is 20.9 Å². The van der Waals surface area contributed by atoms with Gasteiger partial charge in [0.15, 0.2) is 0 Å². The minimum absolute atomic E-state index is 0.0156. The summed E-state index contributed by atoms with van der Waals surface area (Å²) < 4.78 is 5.21. The number of benzene rings is 1. The van der Waals surface area contributed by atoms with Gasteiger partial charge in [-0.05, 0) is 25.1 Å². The number of carbonyl (C=O) groups is 2. The van der Waals surface area contributed by atoms with Crippen molar-refractivity contribution in [3.63, 3.8) is 0 Å². The third kappa shape index (κ3) is 5.25. The molecule has 6 heteroatoms. The Bertz CT molecular complexity index is 532. The second kappa shape index (κ2) is 9.15. The van der Waals surface area contributed by atoms with Gasteiger partial charge in [-0.25, -0.2) is 0 Å². The van der Waals surface area contributed by atoms with Gasteiger partial charge in [0.1, 0.15) is 11.8 Å². The fourth-order valence-electron chi connectivity index (χ4n) is 2.19. The Morgan fingerprint density at radius 2 is 1.91 bits per heavy atom. The van der Waals surface area contributed by atoms with Gasteiger partial charge < -0.3 is 20.3 Å². The van der Waals surface area contributed by atoms with Crippen LogP contribution in [0.1, 0.15) is 24.2 Å². The summed E-state index contributed by atoms with van der Waals surface area (Å²) in [7, 11) is 5.09. The van der Waals surface area contributed by atoms with Crippen LogP contribution >= 0.6 is 0 Å². The minimum Gasteiger partial charge on any atom is -0.496 e. The molecule has 0 saturated heterocycles. The SMILES string of the molecule is CNCCN(C)C(=O)C(NC(=O)c1ccccc1OC)C(C)C. The number of hydrogen-bond donors (Lipinski definition) is 2. The first-order valence-corrected chi connectivity index (χ1v) is 7.75. The van der Waals surface area contributed by atoms with Crippen molar-refractivity contribution >= 4 is 11.8 Å². The van der Waals surface area contributed by atoms with E-state index in [1.165, 1.54) is 7.11 Å². The lowest BCUT2D eigenvalue weighted by Crippen LogP contribution is -2.51. The molecule has 0 spiro atoms.